The van der Waals surface area contributed by atoms with Crippen LogP contribution >= 0.6 is 11.6 Å². The van der Waals surface area contributed by atoms with Gasteiger partial charge in [-0.05, 0) is 54.8 Å². The maximum absolute atomic E-state index is 13.3. The fourth-order valence-corrected chi connectivity index (χ4v) is 4.08. The molecule has 150 valence electrons. The summed E-state index contributed by atoms with van der Waals surface area (Å²) < 4.78 is 19.1. The zero-order valence-corrected chi connectivity index (χ0v) is 16.7. The molecule has 0 aliphatic heterocycles. The molecular weight excluding hydrogens is 391 g/mol. The van der Waals surface area contributed by atoms with Crippen LogP contribution in [0.5, 0.6) is 0 Å². The van der Waals surface area contributed by atoms with E-state index in [0.717, 1.165) is 36.8 Å². The molecular formula is C23H22ClFN2O2. The maximum Gasteiger partial charge on any atom is 0.221 e. The Bertz CT molecular complexity index is 977. The molecule has 1 aromatic heterocycles. The van der Waals surface area contributed by atoms with E-state index >= 15 is 0 Å². The first-order valence-corrected chi connectivity index (χ1v) is 10.2. The Labute approximate surface area is 174 Å². The van der Waals surface area contributed by atoms with Gasteiger partial charge in [-0.2, -0.15) is 0 Å². The molecule has 1 saturated carbocycles. The number of aryl methyl sites for hydroxylation is 1. The van der Waals surface area contributed by atoms with Crippen LogP contribution in [0, 0.1) is 5.82 Å². The average Bonchev–Trinajstić information content (AvgIpc) is 3.38. The fraction of sp³-hybridized carbons (Fsp3) is 0.304. The van der Waals surface area contributed by atoms with E-state index in [2.05, 4.69) is 10.3 Å². The van der Waals surface area contributed by atoms with Crippen LogP contribution in [0.4, 0.5) is 4.39 Å². The van der Waals surface area contributed by atoms with Crippen molar-refractivity contribution in [3.8, 4) is 11.3 Å². The summed E-state index contributed by atoms with van der Waals surface area (Å²) in [4.78, 5) is 16.9. The van der Waals surface area contributed by atoms with Crippen LogP contribution in [-0.2, 0) is 16.8 Å². The lowest BCUT2D eigenvalue weighted by atomic mass is 9.88. The molecule has 0 unspecified atom stereocenters. The first-order valence-electron chi connectivity index (χ1n) is 9.82. The number of halogens is 2. The van der Waals surface area contributed by atoms with E-state index in [1.54, 1.807) is 30.5 Å². The molecule has 1 heterocycles. The lowest BCUT2D eigenvalue weighted by Crippen LogP contribution is -2.43. The van der Waals surface area contributed by atoms with Gasteiger partial charge < -0.3 is 9.73 Å². The smallest absolute Gasteiger partial charge is 0.221 e. The van der Waals surface area contributed by atoms with Gasteiger partial charge in [0.15, 0.2) is 11.7 Å². The molecule has 0 bridgehead atoms. The second-order valence-corrected chi connectivity index (χ2v) is 7.91. The van der Waals surface area contributed by atoms with E-state index in [0.29, 0.717) is 23.1 Å². The highest BCUT2D eigenvalue weighted by Gasteiger charge is 2.36. The van der Waals surface area contributed by atoms with Gasteiger partial charge in [-0.15, -0.1) is 0 Å². The van der Waals surface area contributed by atoms with Crippen LogP contribution < -0.4 is 5.32 Å². The van der Waals surface area contributed by atoms with Gasteiger partial charge >= 0.3 is 0 Å². The standard InChI is InChI=1S/C23H22ClFN2O2/c24-18-7-3-16(4-8-18)20-15-26-22(29-20)12-11-21(28)27-23(13-1-2-14-23)17-5-9-19(25)10-6-17/h3-10,15H,1-2,11-14H2,(H,27,28). The molecule has 1 N–H and O–H groups in total. The molecule has 0 spiro atoms. The van der Waals surface area contributed by atoms with Crippen LogP contribution in [0.15, 0.2) is 59.1 Å². The number of benzene rings is 2. The van der Waals surface area contributed by atoms with Crippen LogP contribution in [0.1, 0.15) is 43.6 Å². The Kier molecular flexibility index (Phi) is 5.67. The minimum absolute atomic E-state index is 0.0533. The van der Waals surface area contributed by atoms with E-state index in [9.17, 15) is 9.18 Å². The molecule has 0 saturated heterocycles. The molecule has 2 aromatic carbocycles. The highest BCUT2D eigenvalue weighted by Crippen LogP contribution is 2.39. The van der Waals surface area contributed by atoms with Crippen molar-refractivity contribution in [2.24, 2.45) is 0 Å². The topological polar surface area (TPSA) is 55.1 Å². The largest absolute Gasteiger partial charge is 0.441 e. The molecule has 1 aliphatic rings. The summed E-state index contributed by atoms with van der Waals surface area (Å²) >= 11 is 5.91. The predicted octanol–water partition coefficient (Wildman–Crippen LogP) is 5.65. The van der Waals surface area contributed by atoms with Crippen molar-refractivity contribution in [2.45, 2.75) is 44.1 Å². The first kappa shape index (κ1) is 19.6. The number of oxazole rings is 1. The third kappa shape index (κ3) is 4.51. The van der Waals surface area contributed by atoms with Crippen LogP contribution in [0.3, 0.4) is 0 Å². The molecule has 1 fully saturated rings. The fourth-order valence-electron chi connectivity index (χ4n) is 3.96. The molecule has 6 heteroatoms. The number of rotatable bonds is 6. The molecule has 1 amide bonds. The number of hydrogen-bond acceptors (Lipinski definition) is 3. The molecule has 0 radical (unpaired) electrons. The predicted molar refractivity (Wildman–Crippen MR) is 110 cm³/mol. The van der Waals surface area contributed by atoms with E-state index < -0.39 is 5.54 Å². The molecule has 1 aliphatic carbocycles. The van der Waals surface area contributed by atoms with Gasteiger partial charge in [0.25, 0.3) is 0 Å². The van der Waals surface area contributed by atoms with Gasteiger partial charge in [0.05, 0.1) is 11.7 Å². The Hall–Kier alpha value is -2.66. The molecule has 29 heavy (non-hydrogen) atoms. The maximum atomic E-state index is 13.3. The lowest BCUT2D eigenvalue weighted by molar-refractivity contribution is -0.123. The van der Waals surface area contributed by atoms with Crippen molar-refractivity contribution in [1.82, 2.24) is 10.3 Å². The van der Waals surface area contributed by atoms with Crippen molar-refractivity contribution in [2.75, 3.05) is 0 Å². The number of carbonyl (C=O) groups is 1. The number of amides is 1. The molecule has 3 aromatic rings. The van der Waals surface area contributed by atoms with Gasteiger partial charge in [-0.3, -0.25) is 4.79 Å². The van der Waals surface area contributed by atoms with Crippen molar-refractivity contribution in [3.63, 3.8) is 0 Å². The number of carbonyl (C=O) groups excluding carboxylic acids is 1. The van der Waals surface area contributed by atoms with Crippen molar-refractivity contribution in [3.05, 3.63) is 77.0 Å². The van der Waals surface area contributed by atoms with Gasteiger partial charge in [-0.25, -0.2) is 9.37 Å². The Balaban J connectivity index is 1.39. The normalized spacial score (nSPS) is 15.4. The minimum atomic E-state index is -0.407. The summed E-state index contributed by atoms with van der Waals surface area (Å²) in [6, 6.07) is 13.8. The number of aromatic nitrogens is 1. The van der Waals surface area contributed by atoms with Crippen LogP contribution in [0.2, 0.25) is 5.02 Å². The van der Waals surface area contributed by atoms with Gasteiger partial charge in [-0.1, -0.05) is 36.6 Å². The second-order valence-electron chi connectivity index (χ2n) is 7.47. The lowest BCUT2D eigenvalue weighted by Gasteiger charge is -2.31. The highest BCUT2D eigenvalue weighted by molar-refractivity contribution is 6.30. The summed E-state index contributed by atoms with van der Waals surface area (Å²) in [7, 11) is 0. The molecule has 4 rings (SSSR count). The Morgan fingerprint density at radius 3 is 2.48 bits per heavy atom. The van der Waals surface area contributed by atoms with Crippen LogP contribution in [0.25, 0.3) is 11.3 Å². The minimum Gasteiger partial charge on any atom is -0.441 e. The molecule has 4 nitrogen and oxygen atoms in total. The Morgan fingerprint density at radius 2 is 1.79 bits per heavy atom. The monoisotopic (exact) mass is 412 g/mol. The summed E-state index contributed by atoms with van der Waals surface area (Å²) in [5, 5.41) is 3.86. The summed E-state index contributed by atoms with van der Waals surface area (Å²) in [5.41, 5.74) is 1.44. The summed E-state index contributed by atoms with van der Waals surface area (Å²) in [5.74, 6) is 0.846. The van der Waals surface area contributed by atoms with Crippen molar-refractivity contribution in [1.29, 1.82) is 0 Å². The third-order valence-electron chi connectivity index (χ3n) is 5.48. The van der Waals surface area contributed by atoms with Crippen molar-refractivity contribution < 1.29 is 13.6 Å². The van der Waals surface area contributed by atoms with Gasteiger partial charge in [0.1, 0.15) is 5.82 Å². The zero-order chi connectivity index (χ0) is 20.3. The third-order valence-corrected chi connectivity index (χ3v) is 5.73. The van der Waals surface area contributed by atoms with Crippen molar-refractivity contribution >= 4 is 17.5 Å². The first-order chi connectivity index (χ1) is 14.0. The number of nitrogens with zero attached hydrogens (tertiary/aromatic N) is 1. The van der Waals surface area contributed by atoms with Crippen LogP contribution in [-0.4, -0.2) is 10.9 Å². The average molecular weight is 413 g/mol. The SMILES string of the molecule is O=C(CCc1ncc(-c2ccc(Cl)cc2)o1)NC1(c2ccc(F)cc2)CCCC1. The van der Waals surface area contributed by atoms with E-state index in [1.807, 2.05) is 12.1 Å². The van der Waals surface area contributed by atoms with E-state index in [-0.39, 0.29) is 18.1 Å². The second kappa shape index (κ2) is 8.37. The zero-order valence-electron chi connectivity index (χ0n) is 16.0. The molecule has 0 atom stereocenters. The summed E-state index contributed by atoms with van der Waals surface area (Å²) in [6.45, 7) is 0. The quantitative estimate of drug-likeness (QED) is 0.569. The van der Waals surface area contributed by atoms with E-state index in [4.69, 9.17) is 16.0 Å². The van der Waals surface area contributed by atoms with E-state index in [1.165, 1.54) is 12.1 Å². The summed E-state index contributed by atoms with van der Waals surface area (Å²) in [6.07, 6.45) is 6.17. The highest BCUT2D eigenvalue weighted by atomic mass is 35.5. The number of hydrogen-bond donors (Lipinski definition) is 1. The number of nitrogens with one attached hydrogen (secondary N) is 1. The van der Waals surface area contributed by atoms with Gasteiger partial charge in [0.2, 0.25) is 5.91 Å². The Morgan fingerprint density at radius 1 is 1.10 bits per heavy atom. The van der Waals surface area contributed by atoms with Gasteiger partial charge in [0, 0.05) is 23.4 Å².